The van der Waals surface area contributed by atoms with Crippen LogP contribution in [0, 0.1) is 0 Å². The maximum Gasteiger partial charge on any atom is 0.261 e. The Morgan fingerprint density at radius 3 is 2.70 bits per heavy atom. The van der Waals surface area contributed by atoms with Gasteiger partial charge in [0.25, 0.3) is 5.91 Å². The first-order chi connectivity index (χ1) is 13.1. The number of benzene rings is 1. The Kier molecular flexibility index (Phi) is 6.26. The van der Waals surface area contributed by atoms with E-state index < -0.39 is 0 Å². The number of anilines is 2. The SMILES string of the molecule is COCC1CN(C)CCN1c1ccc(NC(=O)c2cccnc2OC)cc1. The third-order valence-corrected chi connectivity index (χ3v) is 4.71. The van der Waals surface area contributed by atoms with E-state index in [1.54, 1.807) is 25.4 Å². The summed E-state index contributed by atoms with van der Waals surface area (Å²) in [5.41, 5.74) is 2.26. The number of aromatic nitrogens is 1. The van der Waals surface area contributed by atoms with Gasteiger partial charge in [0.1, 0.15) is 5.56 Å². The van der Waals surface area contributed by atoms with E-state index >= 15 is 0 Å². The van der Waals surface area contributed by atoms with Crippen LogP contribution in [-0.4, -0.2) is 69.3 Å². The zero-order valence-corrected chi connectivity index (χ0v) is 16.0. The van der Waals surface area contributed by atoms with Crippen molar-refractivity contribution in [1.29, 1.82) is 0 Å². The zero-order chi connectivity index (χ0) is 19.2. The van der Waals surface area contributed by atoms with E-state index in [1.165, 1.54) is 7.11 Å². The lowest BCUT2D eigenvalue weighted by Crippen LogP contribution is -2.53. The molecule has 27 heavy (non-hydrogen) atoms. The van der Waals surface area contributed by atoms with Crippen LogP contribution in [0.5, 0.6) is 5.88 Å². The minimum atomic E-state index is -0.246. The van der Waals surface area contributed by atoms with Gasteiger partial charge >= 0.3 is 0 Å². The van der Waals surface area contributed by atoms with Gasteiger partial charge in [0.05, 0.1) is 19.8 Å². The van der Waals surface area contributed by atoms with Crippen LogP contribution in [0.15, 0.2) is 42.6 Å². The molecular weight excluding hydrogens is 344 g/mol. The van der Waals surface area contributed by atoms with Crippen LogP contribution in [0.4, 0.5) is 11.4 Å². The molecule has 0 radical (unpaired) electrons. The standard InChI is InChI=1S/C20H26N4O3/c1-23-11-12-24(17(13-23)14-26-2)16-8-6-15(7-9-16)22-19(25)18-5-4-10-21-20(18)27-3/h4-10,17H,11-14H2,1-3H3,(H,22,25). The van der Waals surface area contributed by atoms with Crippen molar-refractivity contribution in [2.75, 3.05) is 57.7 Å². The highest BCUT2D eigenvalue weighted by Crippen LogP contribution is 2.23. The Morgan fingerprint density at radius 2 is 2.00 bits per heavy atom. The topological polar surface area (TPSA) is 66.9 Å². The normalized spacial score (nSPS) is 17.6. The molecule has 2 aromatic rings. The van der Waals surface area contributed by atoms with E-state index in [4.69, 9.17) is 9.47 Å². The molecule has 1 saturated heterocycles. The summed E-state index contributed by atoms with van der Waals surface area (Å²) in [4.78, 5) is 21.2. The predicted molar refractivity (Wildman–Crippen MR) is 106 cm³/mol. The predicted octanol–water partition coefficient (Wildman–Crippen LogP) is 2.11. The second-order valence-corrected chi connectivity index (χ2v) is 6.63. The Morgan fingerprint density at radius 1 is 1.22 bits per heavy atom. The van der Waals surface area contributed by atoms with Crippen LogP contribution in [0.25, 0.3) is 0 Å². The zero-order valence-electron chi connectivity index (χ0n) is 16.0. The molecule has 1 N–H and O–H groups in total. The van der Waals surface area contributed by atoms with Crippen molar-refractivity contribution >= 4 is 17.3 Å². The number of nitrogens with one attached hydrogen (secondary N) is 1. The molecule has 144 valence electrons. The van der Waals surface area contributed by atoms with Crippen LogP contribution in [0.3, 0.4) is 0 Å². The van der Waals surface area contributed by atoms with Gasteiger partial charge < -0.3 is 24.6 Å². The fourth-order valence-electron chi connectivity index (χ4n) is 3.35. The summed E-state index contributed by atoms with van der Waals surface area (Å²) >= 11 is 0. The van der Waals surface area contributed by atoms with Crippen LogP contribution >= 0.6 is 0 Å². The first kappa shape index (κ1) is 19.1. The fourth-order valence-corrected chi connectivity index (χ4v) is 3.35. The second kappa shape index (κ2) is 8.83. The number of hydrogen-bond donors (Lipinski definition) is 1. The van der Waals surface area contributed by atoms with Gasteiger partial charge in [0.2, 0.25) is 5.88 Å². The number of amides is 1. The van der Waals surface area contributed by atoms with Crippen molar-refractivity contribution in [2.45, 2.75) is 6.04 Å². The van der Waals surface area contributed by atoms with Gasteiger partial charge in [-0.15, -0.1) is 0 Å². The molecule has 0 saturated carbocycles. The molecular formula is C20H26N4O3. The third-order valence-electron chi connectivity index (χ3n) is 4.71. The quantitative estimate of drug-likeness (QED) is 0.840. The first-order valence-corrected chi connectivity index (χ1v) is 8.97. The number of nitrogens with zero attached hydrogens (tertiary/aromatic N) is 3. The van der Waals surface area contributed by atoms with Gasteiger partial charge in [-0.25, -0.2) is 4.98 Å². The van der Waals surface area contributed by atoms with E-state index in [2.05, 4.69) is 27.1 Å². The molecule has 1 atom stereocenters. The minimum absolute atomic E-state index is 0.246. The monoisotopic (exact) mass is 370 g/mol. The van der Waals surface area contributed by atoms with Gasteiger partial charge in [-0.1, -0.05) is 0 Å². The first-order valence-electron chi connectivity index (χ1n) is 8.97. The second-order valence-electron chi connectivity index (χ2n) is 6.63. The van der Waals surface area contributed by atoms with E-state index in [0.29, 0.717) is 24.1 Å². The number of carbonyl (C=O) groups is 1. The number of likely N-dealkylation sites (N-methyl/N-ethyl adjacent to an activating group) is 1. The molecule has 1 aliphatic heterocycles. The van der Waals surface area contributed by atoms with Crippen molar-refractivity contribution in [2.24, 2.45) is 0 Å². The molecule has 1 fully saturated rings. The maximum atomic E-state index is 12.5. The van der Waals surface area contributed by atoms with E-state index in [1.807, 2.05) is 24.3 Å². The largest absolute Gasteiger partial charge is 0.480 e. The molecule has 0 spiro atoms. The molecule has 1 amide bonds. The highest BCUT2D eigenvalue weighted by Gasteiger charge is 2.25. The number of carbonyl (C=O) groups excluding carboxylic acids is 1. The number of pyridine rings is 1. The summed E-state index contributed by atoms with van der Waals surface area (Å²) < 4.78 is 10.5. The number of hydrogen-bond acceptors (Lipinski definition) is 6. The Hall–Kier alpha value is -2.64. The lowest BCUT2D eigenvalue weighted by Gasteiger charge is -2.41. The summed E-state index contributed by atoms with van der Waals surface area (Å²) in [5.74, 6) is 0.0658. The van der Waals surface area contributed by atoms with Crippen molar-refractivity contribution in [3.05, 3.63) is 48.2 Å². The molecule has 1 aromatic carbocycles. The van der Waals surface area contributed by atoms with Crippen LogP contribution in [-0.2, 0) is 4.74 Å². The number of piperazine rings is 1. The maximum absolute atomic E-state index is 12.5. The Balaban J connectivity index is 1.70. The molecule has 1 unspecified atom stereocenters. The van der Waals surface area contributed by atoms with Gasteiger partial charge in [0, 0.05) is 44.3 Å². The van der Waals surface area contributed by atoms with E-state index in [9.17, 15) is 4.79 Å². The van der Waals surface area contributed by atoms with Crippen molar-refractivity contribution in [1.82, 2.24) is 9.88 Å². The molecule has 3 rings (SSSR count). The van der Waals surface area contributed by atoms with Crippen molar-refractivity contribution in [3.8, 4) is 5.88 Å². The van der Waals surface area contributed by atoms with Gasteiger partial charge in [-0.2, -0.15) is 0 Å². The summed E-state index contributed by atoms with van der Waals surface area (Å²) in [6.07, 6.45) is 1.59. The smallest absolute Gasteiger partial charge is 0.261 e. The Bertz CT molecular complexity index is 766. The van der Waals surface area contributed by atoms with Crippen molar-refractivity contribution < 1.29 is 14.3 Å². The third kappa shape index (κ3) is 4.56. The highest BCUT2D eigenvalue weighted by molar-refractivity contribution is 6.05. The molecule has 0 aliphatic carbocycles. The minimum Gasteiger partial charge on any atom is -0.480 e. The van der Waals surface area contributed by atoms with E-state index in [-0.39, 0.29) is 5.91 Å². The van der Waals surface area contributed by atoms with Crippen LogP contribution in [0.1, 0.15) is 10.4 Å². The molecule has 1 aromatic heterocycles. The molecule has 0 bridgehead atoms. The van der Waals surface area contributed by atoms with Gasteiger partial charge in [-0.05, 0) is 43.4 Å². The number of rotatable bonds is 6. The molecule has 7 nitrogen and oxygen atoms in total. The molecule has 2 heterocycles. The average molecular weight is 370 g/mol. The lowest BCUT2D eigenvalue weighted by atomic mass is 10.1. The average Bonchev–Trinajstić information content (AvgIpc) is 2.69. The van der Waals surface area contributed by atoms with Gasteiger partial charge in [0.15, 0.2) is 0 Å². The Labute approximate surface area is 159 Å². The summed E-state index contributed by atoms with van der Waals surface area (Å²) in [6, 6.07) is 11.6. The lowest BCUT2D eigenvalue weighted by molar-refractivity contribution is 0.102. The van der Waals surface area contributed by atoms with Crippen LogP contribution < -0.4 is 15.0 Å². The van der Waals surface area contributed by atoms with E-state index in [0.717, 1.165) is 31.0 Å². The summed E-state index contributed by atoms with van der Waals surface area (Å²) in [6.45, 7) is 3.61. The molecule has 7 heteroatoms. The summed E-state index contributed by atoms with van der Waals surface area (Å²) in [5, 5.41) is 2.90. The van der Waals surface area contributed by atoms with Crippen molar-refractivity contribution in [3.63, 3.8) is 0 Å². The molecule has 1 aliphatic rings. The number of ether oxygens (including phenoxy) is 2. The fraction of sp³-hybridized carbons (Fsp3) is 0.400. The van der Waals surface area contributed by atoms with Crippen LogP contribution in [0.2, 0.25) is 0 Å². The number of methoxy groups -OCH3 is 2. The summed E-state index contributed by atoms with van der Waals surface area (Å²) in [7, 11) is 5.36. The highest BCUT2D eigenvalue weighted by atomic mass is 16.5. The van der Waals surface area contributed by atoms with Gasteiger partial charge in [-0.3, -0.25) is 4.79 Å².